The summed E-state index contributed by atoms with van der Waals surface area (Å²) >= 11 is 0. The third kappa shape index (κ3) is 3.77. The average Bonchev–Trinajstić information content (AvgIpc) is 2.94. The number of carbonyl (C=O) groups is 2. The number of piperidine rings is 1. The molecule has 2 bridgehead atoms. The molecule has 4 rings (SSSR count). The molecule has 3 saturated heterocycles. The molecule has 3 fully saturated rings. The van der Waals surface area contributed by atoms with Crippen LogP contribution in [0.4, 0.5) is 0 Å². The van der Waals surface area contributed by atoms with Crippen molar-refractivity contribution in [2.75, 3.05) is 33.4 Å². The molecule has 2 amide bonds. The van der Waals surface area contributed by atoms with Crippen LogP contribution in [0, 0.1) is 5.92 Å². The van der Waals surface area contributed by atoms with Crippen LogP contribution in [0.2, 0.25) is 0 Å². The molecule has 24 heavy (non-hydrogen) atoms. The summed E-state index contributed by atoms with van der Waals surface area (Å²) in [5, 5.41) is 0. The highest BCUT2D eigenvalue weighted by molar-refractivity contribution is 5.83. The Balaban J connectivity index is 1.55. The quantitative estimate of drug-likeness (QED) is 0.738. The number of hydrogen-bond donors (Lipinski definition) is 0. The highest BCUT2D eigenvalue weighted by Gasteiger charge is 2.41. The van der Waals surface area contributed by atoms with Gasteiger partial charge < -0.3 is 19.1 Å². The van der Waals surface area contributed by atoms with Gasteiger partial charge in [0, 0.05) is 58.1 Å². The minimum Gasteiger partial charge on any atom is -0.383 e. The summed E-state index contributed by atoms with van der Waals surface area (Å²) in [6.45, 7) is 3.21. The number of imidazole rings is 1. The van der Waals surface area contributed by atoms with Gasteiger partial charge in [-0.2, -0.15) is 0 Å². The Hall–Kier alpha value is -1.89. The van der Waals surface area contributed by atoms with Crippen molar-refractivity contribution < 1.29 is 14.3 Å². The molecule has 2 atom stereocenters. The molecular formula is C17H26N4O3. The van der Waals surface area contributed by atoms with E-state index in [2.05, 4.69) is 4.98 Å². The first-order chi connectivity index (χ1) is 11.7. The highest BCUT2D eigenvalue weighted by atomic mass is 16.5. The lowest BCUT2D eigenvalue weighted by atomic mass is 9.94. The molecule has 3 aliphatic heterocycles. The summed E-state index contributed by atoms with van der Waals surface area (Å²) in [4.78, 5) is 33.0. The summed E-state index contributed by atoms with van der Waals surface area (Å²) in [5.41, 5.74) is 0. The number of fused-ring (bicyclic) bond motifs is 4. The summed E-state index contributed by atoms with van der Waals surface area (Å²) < 4.78 is 7.10. The van der Waals surface area contributed by atoms with Crippen LogP contribution in [-0.2, 0) is 20.9 Å². The molecule has 0 unspecified atom stereocenters. The Morgan fingerprint density at radius 1 is 1.33 bits per heavy atom. The smallest absolute Gasteiger partial charge is 0.227 e. The summed E-state index contributed by atoms with van der Waals surface area (Å²) in [6.07, 6.45) is 8.61. The molecule has 4 heterocycles. The number of carbonyl (C=O) groups excluding carboxylic acids is 2. The van der Waals surface area contributed by atoms with Crippen LogP contribution < -0.4 is 0 Å². The standard InChI is InChI=1S/C17H26N4O3/c1-24-10-9-21-15-5-4-14(17(21)23)11-20(12-15)16(22)3-2-7-19-8-6-18-13-19/h6,8,13-15H,2-5,7,9-12H2,1H3/t14-,15+/m0/s1. The Kier molecular flexibility index (Phi) is 5.50. The van der Waals surface area contributed by atoms with E-state index in [0.29, 0.717) is 32.7 Å². The zero-order chi connectivity index (χ0) is 16.9. The second-order valence-electron chi connectivity index (χ2n) is 6.66. The van der Waals surface area contributed by atoms with Crippen molar-refractivity contribution in [1.82, 2.24) is 19.4 Å². The van der Waals surface area contributed by atoms with E-state index in [1.165, 1.54) is 0 Å². The first-order valence-corrected chi connectivity index (χ1v) is 8.72. The Labute approximate surface area is 142 Å². The molecular weight excluding hydrogens is 308 g/mol. The molecule has 0 saturated carbocycles. The van der Waals surface area contributed by atoms with Gasteiger partial charge in [0.15, 0.2) is 0 Å². The number of aromatic nitrogens is 2. The number of hydrogen-bond acceptors (Lipinski definition) is 4. The molecule has 0 N–H and O–H groups in total. The minimum absolute atomic E-state index is 0.0433. The van der Waals surface area contributed by atoms with E-state index in [0.717, 1.165) is 25.8 Å². The molecule has 0 aliphatic carbocycles. The Morgan fingerprint density at radius 3 is 2.96 bits per heavy atom. The van der Waals surface area contributed by atoms with Crippen LogP contribution >= 0.6 is 0 Å². The lowest BCUT2D eigenvalue weighted by molar-refractivity contribution is -0.140. The van der Waals surface area contributed by atoms with Crippen molar-refractivity contribution >= 4 is 11.8 Å². The van der Waals surface area contributed by atoms with Crippen LogP contribution in [0.5, 0.6) is 0 Å². The number of ether oxygens (including phenoxy) is 1. The maximum absolute atomic E-state index is 12.6. The molecule has 1 aromatic rings. The zero-order valence-corrected chi connectivity index (χ0v) is 14.3. The van der Waals surface area contributed by atoms with Gasteiger partial charge in [0.25, 0.3) is 0 Å². The third-order valence-corrected chi connectivity index (χ3v) is 5.05. The fourth-order valence-corrected chi connectivity index (χ4v) is 3.72. The lowest BCUT2D eigenvalue weighted by Crippen LogP contribution is -2.49. The largest absolute Gasteiger partial charge is 0.383 e. The van der Waals surface area contributed by atoms with Crippen molar-refractivity contribution in [3.8, 4) is 0 Å². The van der Waals surface area contributed by atoms with E-state index >= 15 is 0 Å². The van der Waals surface area contributed by atoms with Gasteiger partial charge in [0.2, 0.25) is 11.8 Å². The van der Waals surface area contributed by atoms with Crippen molar-refractivity contribution in [1.29, 1.82) is 0 Å². The van der Waals surface area contributed by atoms with Crippen molar-refractivity contribution in [3.63, 3.8) is 0 Å². The average molecular weight is 334 g/mol. The van der Waals surface area contributed by atoms with E-state index in [9.17, 15) is 9.59 Å². The maximum Gasteiger partial charge on any atom is 0.227 e. The molecule has 1 aromatic heterocycles. The summed E-state index contributed by atoms with van der Waals surface area (Å²) in [6, 6.07) is 0.143. The first kappa shape index (κ1) is 17.0. The molecule has 3 aliphatic rings. The second kappa shape index (κ2) is 7.79. The number of rotatable bonds is 7. The van der Waals surface area contributed by atoms with E-state index < -0.39 is 0 Å². The summed E-state index contributed by atoms with van der Waals surface area (Å²) in [5.74, 6) is 0.309. The van der Waals surface area contributed by atoms with Gasteiger partial charge >= 0.3 is 0 Å². The number of amides is 2. The van der Waals surface area contributed by atoms with Gasteiger partial charge in [-0.1, -0.05) is 0 Å². The van der Waals surface area contributed by atoms with Gasteiger partial charge in [0.05, 0.1) is 18.9 Å². The number of nitrogens with zero attached hydrogens (tertiary/aromatic N) is 4. The fraction of sp³-hybridized carbons (Fsp3) is 0.706. The van der Waals surface area contributed by atoms with E-state index in [4.69, 9.17) is 4.74 Å². The maximum atomic E-state index is 12.6. The van der Waals surface area contributed by atoms with E-state index in [-0.39, 0.29) is 23.8 Å². The van der Waals surface area contributed by atoms with Gasteiger partial charge in [0.1, 0.15) is 0 Å². The molecule has 0 aromatic carbocycles. The molecule has 7 nitrogen and oxygen atoms in total. The first-order valence-electron chi connectivity index (χ1n) is 8.72. The third-order valence-electron chi connectivity index (χ3n) is 5.05. The zero-order valence-electron chi connectivity index (χ0n) is 14.3. The second-order valence-corrected chi connectivity index (χ2v) is 6.66. The fourth-order valence-electron chi connectivity index (χ4n) is 3.72. The van der Waals surface area contributed by atoms with Gasteiger partial charge in [-0.15, -0.1) is 0 Å². The van der Waals surface area contributed by atoms with Crippen LogP contribution in [0.1, 0.15) is 25.7 Å². The van der Waals surface area contributed by atoms with Crippen molar-refractivity contribution in [2.24, 2.45) is 5.92 Å². The van der Waals surface area contributed by atoms with E-state index in [1.54, 1.807) is 19.6 Å². The van der Waals surface area contributed by atoms with Gasteiger partial charge in [-0.05, 0) is 19.3 Å². The van der Waals surface area contributed by atoms with E-state index in [1.807, 2.05) is 20.6 Å². The van der Waals surface area contributed by atoms with Crippen molar-refractivity contribution in [3.05, 3.63) is 18.7 Å². The molecule has 132 valence electrons. The van der Waals surface area contributed by atoms with Crippen molar-refractivity contribution in [2.45, 2.75) is 38.3 Å². The normalized spacial score (nSPS) is 23.6. The lowest BCUT2D eigenvalue weighted by Gasteiger charge is -2.35. The highest BCUT2D eigenvalue weighted by Crippen LogP contribution is 2.29. The molecule has 0 spiro atoms. The Morgan fingerprint density at radius 2 is 2.21 bits per heavy atom. The van der Waals surface area contributed by atoms with Gasteiger partial charge in [-0.3, -0.25) is 9.59 Å². The predicted octanol–water partition coefficient (Wildman–Crippen LogP) is 0.759. The summed E-state index contributed by atoms with van der Waals surface area (Å²) in [7, 11) is 1.65. The van der Waals surface area contributed by atoms with Crippen LogP contribution in [-0.4, -0.2) is 70.6 Å². The number of aryl methyl sites for hydroxylation is 1. The number of methoxy groups -OCH3 is 1. The molecule has 0 radical (unpaired) electrons. The minimum atomic E-state index is -0.0433. The van der Waals surface area contributed by atoms with Crippen LogP contribution in [0.15, 0.2) is 18.7 Å². The monoisotopic (exact) mass is 334 g/mol. The Bertz CT molecular complexity index is 560. The predicted molar refractivity (Wildman–Crippen MR) is 88.1 cm³/mol. The molecule has 7 heteroatoms. The topological polar surface area (TPSA) is 67.7 Å². The van der Waals surface area contributed by atoms with Crippen LogP contribution in [0.25, 0.3) is 0 Å². The SMILES string of the molecule is COCCN1C(=O)[C@H]2CC[C@@H]1CN(C(=O)CCCn1ccnc1)C2. The van der Waals surface area contributed by atoms with Crippen LogP contribution in [0.3, 0.4) is 0 Å². The van der Waals surface area contributed by atoms with Gasteiger partial charge in [-0.25, -0.2) is 4.98 Å².